The van der Waals surface area contributed by atoms with E-state index in [1.807, 2.05) is 24.3 Å². The molecule has 0 saturated carbocycles. The van der Waals surface area contributed by atoms with Gasteiger partial charge in [-0.15, -0.1) is 0 Å². The maximum absolute atomic E-state index is 12.0. The Morgan fingerprint density at radius 3 is 1.66 bits per heavy atom. The van der Waals surface area contributed by atoms with Gasteiger partial charge >= 0.3 is 0 Å². The van der Waals surface area contributed by atoms with Crippen molar-refractivity contribution in [1.82, 2.24) is 5.32 Å². The van der Waals surface area contributed by atoms with Crippen molar-refractivity contribution in [3.8, 4) is 0 Å². The van der Waals surface area contributed by atoms with E-state index in [1.54, 1.807) is 0 Å². The Morgan fingerprint density at radius 2 is 1.24 bits per heavy atom. The summed E-state index contributed by atoms with van der Waals surface area (Å²) in [6.07, 6.45) is 5.47. The van der Waals surface area contributed by atoms with Crippen molar-refractivity contribution in [1.29, 1.82) is 0 Å². The molecule has 158 valence electrons. The summed E-state index contributed by atoms with van der Waals surface area (Å²) in [4.78, 5) is 0. The van der Waals surface area contributed by atoms with Gasteiger partial charge in [-0.3, -0.25) is 0 Å². The van der Waals surface area contributed by atoms with Crippen molar-refractivity contribution in [2.75, 3.05) is 0 Å². The summed E-state index contributed by atoms with van der Waals surface area (Å²) >= 11 is 12.2. The Hall–Kier alpha value is -1.06. The number of unbranched alkanes of at least 4 members (excludes halogenated alkanes) is 3. The van der Waals surface area contributed by atoms with Crippen molar-refractivity contribution >= 4 is 23.2 Å². The number of piperidine rings is 1. The standard InChI is InChI=1S/C25H33Cl2NO/c1-4-5-6-7-16-25(29)17(2)23(19-8-12-21(26)13-9-19)28-24(18(25)3)20-10-14-22(27)15-11-20/h8-15,17-18,23-24,28-29H,4-7,16H2,1-3H3/t17-,18-,23-,24+,25?/m1/s1. The molecule has 3 rings (SSSR count). The van der Waals surface area contributed by atoms with Gasteiger partial charge in [0.2, 0.25) is 0 Å². The molecule has 1 saturated heterocycles. The lowest BCUT2D eigenvalue weighted by Gasteiger charge is -2.52. The van der Waals surface area contributed by atoms with E-state index in [4.69, 9.17) is 23.2 Å². The van der Waals surface area contributed by atoms with Crippen LogP contribution in [0.5, 0.6) is 0 Å². The number of rotatable bonds is 7. The van der Waals surface area contributed by atoms with Crippen molar-refractivity contribution in [3.63, 3.8) is 0 Å². The molecule has 1 fully saturated rings. The maximum Gasteiger partial charge on any atom is 0.0734 e. The first kappa shape index (κ1) is 22.6. The molecule has 0 amide bonds. The van der Waals surface area contributed by atoms with Crippen LogP contribution in [-0.2, 0) is 0 Å². The van der Waals surface area contributed by atoms with Crippen molar-refractivity contribution in [3.05, 3.63) is 69.7 Å². The first-order valence-electron chi connectivity index (χ1n) is 10.9. The van der Waals surface area contributed by atoms with Crippen LogP contribution in [-0.4, -0.2) is 10.7 Å². The molecule has 1 aliphatic heterocycles. The minimum atomic E-state index is -0.742. The molecule has 2 N–H and O–H groups in total. The van der Waals surface area contributed by atoms with Gasteiger partial charge in [0.25, 0.3) is 0 Å². The Kier molecular flexibility index (Phi) is 7.67. The lowest BCUT2D eigenvalue weighted by molar-refractivity contribution is -0.117. The highest BCUT2D eigenvalue weighted by Gasteiger charge is 2.50. The van der Waals surface area contributed by atoms with Gasteiger partial charge in [-0.1, -0.05) is 93.9 Å². The Bertz CT molecular complexity index is 717. The SMILES string of the molecule is CCCCCCC1(O)[C@H](C)[C@@H](c2ccc(Cl)cc2)N[C@@H](c2ccc(Cl)cc2)[C@H]1C. The molecule has 2 nitrogen and oxygen atoms in total. The van der Waals surface area contributed by atoms with Crippen LogP contribution in [0.15, 0.2) is 48.5 Å². The zero-order valence-electron chi connectivity index (χ0n) is 17.7. The minimum Gasteiger partial charge on any atom is -0.389 e. The van der Waals surface area contributed by atoms with Crippen LogP contribution in [0.4, 0.5) is 0 Å². The van der Waals surface area contributed by atoms with E-state index in [1.165, 1.54) is 30.4 Å². The quantitative estimate of drug-likeness (QED) is 0.447. The molecular formula is C25H33Cl2NO. The van der Waals surface area contributed by atoms with Gasteiger partial charge in [-0.05, 0) is 41.8 Å². The second-order valence-corrected chi connectivity index (χ2v) is 9.48. The Labute approximate surface area is 185 Å². The lowest BCUT2D eigenvalue weighted by atomic mass is 9.64. The predicted molar refractivity (Wildman–Crippen MR) is 124 cm³/mol. The first-order chi connectivity index (χ1) is 13.9. The molecule has 29 heavy (non-hydrogen) atoms. The second kappa shape index (κ2) is 9.83. The van der Waals surface area contributed by atoms with Crippen LogP contribution in [0.25, 0.3) is 0 Å². The van der Waals surface area contributed by atoms with Gasteiger partial charge in [0.1, 0.15) is 0 Å². The van der Waals surface area contributed by atoms with E-state index in [-0.39, 0.29) is 23.9 Å². The third-order valence-corrected chi connectivity index (χ3v) is 7.33. The summed E-state index contributed by atoms with van der Waals surface area (Å²) < 4.78 is 0. The third kappa shape index (κ3) is 4.99. The van der Waals surface area contributed by atoms with Crippen LogP contribution < -0.4 is 5.32 Å². The second-order valence-electron chi connectivity index (χ2n) is 8.60. The van der Waals surface area contributed by atoms with Crippen molar-refractivity contribution in [2.24, 2.45) is 11.8 Å². The molecule has 5 atom stereocenters. The Morgan fingerprint density at radius 1 is 0.793 bits per heavy atom. The molecule has 1 unspecified atom stereocenters. The minimum absolute atomic E-state index is 0.0559. The molecule has 0 spiro atoms. The summed E-state index contributed by atoms with van der Waals surface area (Å²) in [6.45, 7) is 6.58. The van der Waals surface area contributed by atoms with Gasteiger partial charge in [-0.25, -0.2) is 0 Å². The summed E-state index contributed by atoms with van der Waals surface area (Å²) in [7, 11) is 0. The van der Waals surface area contributed by atoms with E-state index in [2.05, 4.69) is 50.4 Å². The number of aliphatic hydroxyl groups is 1. The van der Waals surface area contributed by atoms with Crippen LogP contribution in [0.1, 0.15) is 76.1 Å². The van der Waals surface area contributed by atoms with Crippen LogP contribution in [0.3, 0.4) is 0 Å². The van der Waals surface area contributed by atoms with Crippen molar-refractivity contribution < 1.29 is 5.11 Å². The Balaban J connectivity index is 1.94. The molecule has 1 heterocycles. The predicted octanol–water partition coefficient (Wildman–Crippen LogP) is 7.35. The summed E-state index contributed by atoms with van der Waals surface area (Å²) in [5.41, 5.74) is 1.59. The van der Waals surface area contributed by atoms with Crippen LogP contribution >= 0.6 is 23.2 Å². The largest absolute Gasteiger partial charge is 0.389 e. The summed E-state index contributed by atoms with van der Waals surface area (Å²) in [5.74, 6) is 0.174. The van der Waals surface area contributed by atoms with Gasteiger partial charge in [0.05, 0.1) is 5.60 Å². The fraction of sp³-hybridized carbons (Fsp3) is 0.520. The van der Waals surface area contributed by atoms with Crippen molar-refractivity contribution in [2.45, 2.75) is 70.6 Å². The zero-order chi connectivity index (χ0) is 21.0. The van der Waals surface area contributed by atoms with Gasteiger partial charge in [0.15, 0.2) is 0 Å². The molecule has 0 radical (unpaired) electrons. The fourth-order valence-corrected chi connectivity index (χ4v) is 5.13. The van der Waals surface area contributed by atoms with Crippen LogP contribution in [0, 0.1) is 11.8 Å². The van der Waals surface area contributed by atoms with E-state index >= 15 is 0 Å². The van der Waals surface area contributed by atoms with E-state index in [0.717, 1.165) is 22.9 Å². The monoisotopic (exact) mass is 433 g/mol. The maximum atomic E-state index is 12.0. The number of hydrogen-bond donors (Lipinski definition) is 2. The van der Waals surface area contributed by atoms with Gasteiger partial charge in [-0.2, -0.15) is 0 Å². The molecule has 1 aliphatic rings. The number of benzene rings is 2. The third-order valence-electron chi connectivity index (χ3n) is 6.83. The molecule has 2 aromatic carbocycles. The topological polar surface area (TPSA) is 32.3 Å². The average Bonchev–Trinajstić information content (AvgIpc) is 2.72. The molecule has 2 aromatic rings. The fourth-order valence-electron chi connectivity index (χ4n) is 4.87. The molecular weight excluding hydrogens is 401 g/mol. The highest BCUT2D eigenvalue weighted by atomic mass is 35.5. The smallest absolute Gasteiger partial charge is 0.0734 e. The van der Waals surface area contributed by atoms with E-state index < -0.39 is 5.60 Å². The molecule has 0 aromatic heterocycles. The normalized spacial score (nSPS) is 29.7. The average molecular weight is 434 g/mol. The first-order valence-corrected chi connectivity index (χ1v) is 11.6. The molecule has 4 heteroatoms. The number of hydrogen-bond acceptors (Lipinski definition) is 2. The van der Waals surface area contributed by atoms with Crippen LogP contribution in [0.2, 0.25) is 10.0 Å². The molecule has 0 bridgehead atoms. The zero-order valence-corrected chi connectivity index (χ0v) is 19.2. The van der Waals surface area contributed by atoms with Gasteiger partial charge in [0, 0.05) is 34.0 Å². The number of nitrogens with one attached hydrogen (secondary N) is 1. The summed E-state index contributed by atoms with van der Waals surface area (Å²) in [5, 5.41) is 17.3. The number of halogens is 2. The molecule has 0 aliphatic carbocycles. The van der Waals surface area contributed by atoms with E-state index in [9.17, 15) is 5.11 Å². The van der Waals surface area contributed by atoms with E-state index in [0.29, 0.717) is 0 Å². The highest BCUT2D eigenvalue weighted by Crippen LogP contribution is 2.49. The van der Waals surface area contributed by atoms with Gasteiger partial charge < -0.3 is 10.4 Å². The summed E-state index contributed by atoms with van der Waals surface area (Å²) in [6, 6.07) is 16.1. The lowest BCUT2D eigenvalue weighted by Crippen LogP contribution is -2.57. The highest BCUT2D eigenvalue weighted by molar-refractivity contribution is 6.30.